The molecule has 3 fully saturated rings. The summed E-state index contributed by atoms with van der Waals surface area (Å²) < 4.78 is 11.1. The number of hydrogen-bond donors (Lipinski definition) is 8. The monoisotopic (exact) mass is 550 g/mol. The lowest BCUT2D eigenvalue weighted by Crippen LogP contribution is -2.56. The maximum atomic E-state index is 13.1. The molecule has 4 amide bonds. The predicted octanol–water partition coefficient (Wildman–Crippen LogP) is -4.17. The first-order valence-corrected chi connectivity index (χ1v) is 12.8. The van der Waals surface area contributed by atoms with E-state index in [4.69, 9.17) is 9.47 Å². The molecular weight excluding hydrogens is 516 g/mol. The zero-order chi connectivity index (χ0) is 28.3. The number of ether oxygens (including phenoxy) is 2. The van der Waals surface area contributed by atoms with Crippen LogP contribution >= 0.6 is 0 Å². The van der Waals surface area contributed by atoms with Gasteiger partial charge < -0.3 is 51.2 Å². The Kier molecular flexibility index (Phi) is 9.15. The lowest BCUT2D eigenvalue weighted by molar-refractivity contribution is -0.139. The Hall–Kier alpha value is -3.14. The smallest absolute Gasteiger partial charge is 0.252 e. The SMILES string of the molecule is C[C@@H]1NC(=O)[C@@H]2O[C@H](CNC(=O)C[C@@H]3O[C@H](CNC(=O)[C@H](Cc4ccccc4)NC1=O)[C@@H](O)[C@H]3O)[C@@H](O)[C@H]2O. The molecule has 10 atom stereocenters. The third-order valence-corrected chi connectivity index (χ3v) is 7.11. The Morgan fingerprint density at radius 3 is 2.08 bits per heavy atom. The molecule has 214 valence electrons. The number of fused-ring (bicyclic) bond motifs is 4. The summed E-state index contributed by atoms with van der Waals surface area (Å²) in [4.78, 5) is 51.3. The van der Waals surface area contributed by atoms with Gasteiger partial charge in [-0.15, -0.1) is 0 Å². The maximum absolute atomic E-state index is 13.1. The van der Waals surface area contributed by atoms with E-state index in [1.807, 2.05) is 0 Å². The minimum Gasteiger partial charge on any atom is -0.388 e. The van der Waals surface area contributed by atoms with Gasteiger partial charge in [-0.2, -0.15) is 0 Å². The lowest BCUT2D eigenvalue weighted by atomic mass is 10.0. The van der Waals surface area contributed by atoms with E-state index in [2.05, 4.69) is 21.3 Å². The number of aliphatic hydroxyl groups is 4. The van der Waals surface area contributed by atoms with Crippen LogP contribution in [0.15, 0.2) is 30.3 Å². The van der Waals surface area contributed by atoms with E-state index in [1.165, 1.54) is 6.92 Å². The van der Waals surface area contributed by atoms with Crippen LogP contribution in [0.4, 0.5) is 0 Å². The summed E-state index contributed by atoms with van der Waals surface area (Å²) in [7, 11) is 0. The highest BCUT2D eigenvalue weighted by Crippen LogP contribution is 2.24. The number of amides is 4. The molecule has 8 N–H and O–H groups in total. The molecule has 0 spiro atoms. The van der Waals surface area contributed by atoms with Crippen molar-refractivity contribution in [2.45, 2.75) is 80.7 Å². The minimum absolute atomic E-state index is 0.108. The van der Waals surface area contributed by atoms with Crippen molar-refractivity contribution < 1.29 is 49.1 Å². The molecule has 0 aliphatic carbocycles. The summed E-state index contributed by atoms with van der Waals surface area (Å²) in [6, 6.07) is 6.67. The minimum atomic E-state index is -1.62. The normalized spacial score (nSPS) is 38.5. The number of rotatable bonds is 2. The molecule has 0 radical (unpaired) electrons. The number of hydrogen-bond acceptors (Lipinski definition) is 10. The van der Waals surface area contributed by atoms with Crippen molar-refractivity contribution in [3.63, 3.8) is 0 Å². The first kappa shape index (κ1) is 28.9. The molecule has 4 rings (SSSR count). The van der Waals surface area contributed by atoms with Crippen LogP contribution in [0.3, 0.4) is 0 Å². The molecule has 14 nitrogen and oxygen atoms in total. The van der Waals surface area contributed by atoms with Crippen LogP contribution < -0.4 is 21.3 Å². The first-order chi connectivity index (χ1) is 18.5. The van der Waals surface area contributed by atoms with Gasteiger partial charge in [0, 0.05) is 19.5 Å². The van der Waals surface area contributed by atoms with Gasteiger partial charge >= 0.3 is 0 Å². The van der Waals surface area contributed by atoms with Crippen molar-refractivity contribution in [3.8, 4) is 0 Å². The second-order valence-electron chi connectivity index (χ2n) is 10.0. The molecular formula is C25H34N4O10. The summed E-state index contributed by atoms with van der Waals surface area (Å²) in [5.74, 6) is -2.75. The van der Waals surface area contributed by atoms with E-state index in [1.54, 1.807) is 30.3 Å². The summed E-state index contributed by atoms with van der Waals surface area (Å²) in [5.41, 5.74) is 0.745. The number of aliphatic hydroxyl groups excluding tert-OH is 4. The fraction of sp³-hybridized carbons (Fsp3) is 0.600. The Morgan fingerprint density at radius 2 is 1.36 bits per heavy atom. The first-order valence-electron chi connectivity index (χ1n) is 12.8. The molecule has 3 heterocycles. The number of benzene rings is 1. The second-order valence-corrected chi connectivity index (χ2v) is 10.0. The topological polar surface area (TPSA) is 216 Å². The number of carbonyl (C=O) groups excluding carboxylic acids is 4. The molecule has 4 bridgehead atoms. The van der Waals surface area contributed by atoms with Gasteiger partial charge in [-0.05, 0) is 12.5 Å². The molecule has 3 saturated heterocycles. The molecule has 1 aromatic carbocycles. The Bertz CT molecular complexity index is 1060. The van der Waals surface area contributed by atoms with Crippen molar-refractivity contribution in [3.05, 3.63) is 35.9 Å². The molecule has 0 saturated carbocycles. The summed E-state index contributed by atoms with van der Waals surface area (Å²) in [5, 5.41) is 51.6. The highest BCUT2D eigenvalue weighted by Gasteiger charge is 2.47. The third kappa shape index (κ3) is 6.72. The molecule has 0 unspecified atom stereocenters. The van der Waals surface area contributed by atoms with Crippen molar-refractivity contribution in [2.75, 3.05) is 13.1 Å². The quantitative estimate of drug-likeness (QED) is 0.178. The second kappa shape index (κ2) is 12.4. The van der Waals surface area contributed by atoms with Crippen LogP contribution in [-0.4, -0.2) is 118 Å². The Balaban J connectivity index is 1.55. The van der Waals surface area contributed by atoms with Crippen molar-refractivity contribution in [1.82, 2.24) is 21.3 Å². The van der Waals surface area contributed by atoms with E-state index < -0.39 is 84.5 Å². The average Bonchev–Trinajstić information content (AvgIpc) is 3.35. The van der Waals surface area contributed by atoms with Crippen molar-refractivity contribution in [2.24, 2.45) is 0 Å². The molecule has 0 aromatic heterocycles. The molecule has 39 heavy (non-hydrogen) atoms. The van der Waals surface area contributed by atoms with Gasteiger partial charge in [-0.25, -0.2) is 0 Å². The van der Waals surface area contributed by atoms with Gasteiger partial charge in [0.05, 0.1) is 12.5 Å². The highest BCUT2D eigenvalue weighted by atomic mass is 16.6. The maximum Gasteiger partial charge on any atom is 0.252 e. The van der Waals surface area contributed by atoms with Crippen molar-refractivity contribution in [1.29, 1.82) is 0 Å². The lowest BCUT2D eigenvalue weighted by Gasteiger charge is -2.23. The largest absolute Gasteiger partial charge is 0.388 e. The van der Waals surface area contributed by atoms with Crippen LogP contribution in [0.5, 0.6) is 0 Å². The van der Waals surface area contributed by atoms with Crippen molar-refractivity contribution >= 4 is 23.6 Å². The third-order valence-electron chi connectivity index (χ3n) is 7.11. The van der Waals surface area contributed by atoms with Crippen LogP contribution in [0.25, 0.3) is 0 Å². The van der Waals surface area contributed by atoms with E-state index in [9.17, 15) is 39.6 Å². The number of carbonyl (C=O) groups is 4. The Morgan fingerprint density at radius 1 is 0.744 bits per heavy atom. The average molecular weight is 551 g/mol. The summed E-state index contributed by atoms with van der Waals surface area (Å²) in [6.07, 6.45) is -10.9. The zero-order valence-electron chi connectivity index (χ0n) is 21.2. The van der Waals surface area contributed by atoms with E-state index >= 15 is 0 Å². The van der Waals surface area contributed by atoms with Crippen LogP contribution in [0.1, 0.15) is 18.9 Å². The van der Waals surface area contributed by atoms with Crippen LogP contribution in [0, 0.1) is 0 Å². The van der Waals surface area contributed by atoms with Gasteiger partial charge in [0.25, 0.3) is 5.91 Å². The van der Waals surface area contributed by atoms with Gasteiger partial charge in [-0.1, -0.05) is 30.3 Å². The molecule has 14 heteroatoms. The van der Waals surface area contributed by atoms with E-state index in [0.717, 1.165) is 5.56 Å². The molecule has 3 aliphatic heterocycles. The number of nitrogens with one attached hydrogen (secondary N) is 4. The molecule has 1 aromatic rings. The fourth-order valence-electron chi connectivity index (χ4n) is 4.81. The van der Waals surface area contributed by atoms with Crippen LogP contribution in [0.2, 0.25) is 0 Å². The van der Waals surface area contributed by atoms with Gasteiger partial charge in [0.1, 0.15) is 48.7 Å². The zero-order valence-corrected chi connectivity index (χ0v) is 21.2. The molecule has 3 aliphatic rings. The van der Waals surface area contributed by atoms with Crippen LogP contribution in [-0.2, 0) is 35.1 Å². The van der Waals surface area contributed by atoms with Gasteiger partial charge in [0.15, 0.2) is 6.10 Å². The fourth-order valence-corrected chi connectivity index (χ4v) is 4.81. The standard InChI is InChI=1S/C25H34N4O10/c1-11-23(35)29-13(7-12-5-3-2-4-6-12)24(36)27-10-15-19(32)18(31)14(38-15)8-17(30)26-9-16-20(33)21(34)22(39-16)25(37)28-11/h2-6,11,13-16,18-22,31-34H,7-10H2,1H3,(H,26,30)(H,27,36)(H,28,37)(H,29,35)/t11-,13-,14-,15+,16+,18-,19+,20+,21+,22+/m0/s1. The highest BCUT2D eigenvalue weighted by molar-refractivity contribution is 5.93. The van der Waals surface area contributed by atoms with E-state index in [0.29, 0.717) is 0 Å². The van der Waals surface area contributed by atoms with Gasteiger partial charge in [0.2, 0.25) is 17.7 Å². The van der Waals surface area contributed by atoms with Gasteiger partial charge in [-0.3, -0.25) is 19.2 Å². The predicted molar refractivity (Wildman–Crippen MR) is 132 cm³/mol. The Labute approximate surface area is 224 Å². The van der Waals surface area contributed by atoms with E-state index in [-0.39, 0.29) is 25.9 Å². The summed E-state index contributed by atoms with van der Waals surface area (Å²) in [6.45, 7) is 0.917. The summed E-state index contributed by atoms with van der Waals surface area (Å²) >= 11 is 0.